The fourth-order valence-corrected chi connectivity index (χ4v) is 5.77. The van der Waals surface area contributed by atoms with E-state index in [1.54, 1.807) is 0 Å². The number of rotatable bonds is 8. The zero-order chi connectivity index (χ0) is 15.5. The molecule has 2 atom stereocenters. The molecule has 0 aromatic carbocycles. The van der Waals surface area contributed by atoms with Gasteiger partial charge in [0.05, 0.1) is 24.5 Å². The molecule has 0 spiro atoms. The van der Waals surface area contributed by atoms with Gasteiger partial charge in [-0.3, -0.25) is 4.79 Å². The van der Waals surface area contributed by atoms with Crippen LogP contribution in [-0.2, 0) is 19.4 Å². The maximum Gasteiger partial charge on any atom is 0.306 e. The molecule has 6 heteroatoms. The Morgan fingerprint density at radius 1 is 1.33 bits per heavy atom. The van der Waals surface area contributed by atoms with Crippen molar-refractivity contribution in [3.8, 4) is 0 Å². The molecule has 0 saturated heterocycles. The molecule has 2 saturated carbocycles. The highest BCUT2D eigenvalue weighted by atomic mass is 32.2. The Hall–Kier alpha value is -0.620. The fourth-order valence-electron chi connectivity index (χ4n) is 3.27. The summed E-state index contributed by atoms with van der Waals surface area (Å²) >= 11 is 0. The Morgan fingerprint density at radius 2 is 2.05 bits per heavy atom. The summed E-state index contributed by atoms with van der Waals surface area (Å²) in [6.45, 7) is 3.06. The highest BCUT2D eigenvalue weighted by Crippen LogP contribution is 2.51. The minimum Gasteiger partial charge on any atom is -0.469 e. The van der Waals surface area contributed by atoms with Gasteiger partial charge in [0.25, 0.3) is 0 Å². The summed E-state index contributed by atoms with van der Waals surface area (Å²) < 4.78 is 29.9. The van der Waals surface area contributed by atoms with Crippen molar-refractivity contribution in [3.05, 3.63) is 0 Å². The molecule has 21 heavy (non-hydrogen) atoms. The van der Waals surface area contributed by atoms with Gasteiger partial charge in [0.15, 0.2) is 9.84 Å². The van der Waals surface area contributed by atoms with E-state index in [0.29, 0.717) is 6.04 Å². The number of carbonyl (C=O) groups is 1. The molecule has 0 aliphatic heterocycles. The quantitative estimate of drug-likeness (QED) is 0.689. The van der Waals surface area contributed by atoms with Crippen LogP contribution in [0.25, 0.3) is 0 Å². The SMILES string of the molecule is CCCNC1CCC(S(=O)(=O)CC2(CC(=O)OC)CC2)C1. The molecule has 2 fully saturated rings. The second-order valence-corrected chi connectivity index (χ2v) is 8.93. The average Bonchev–Trinajstić information content (AvgIpc) is 3.00. The first-order valence-corrected chi connectivity index (χ1v) is 9.64. The van der Waals surface area contributed by atoms with Crippen molar-refractivity contribution in [2.24, 2.45) is 5.41 Å². The van der Waals surface area contributed by atoms with Crippen LogP contribution in [0.2, 0.25) is 0 Å². The summed E-state index contributed by atoms with van der Waals surface area (Å²) in [7, 11) is -1.76. The molecule has 2 aliphatic rings. The predicted octanol–water partition coefficient (Wildman–Crippen LogP) is 1.67. The molecule has 2 unspecified atom stereocenters. The van der Waals surface area contributed by atoms with Crippen LogP contribution >= 0.6 is 0 Å². The minimum absolute atomic E-state index is 0.153. The zero-order valence-corrected chi connectivity index (χ0v) is 13.9. The van der Waals surface area contributed by atoms with Gasteiger partial charge < -0.3 is 10.1 Å². The first-order valence-electron chi connectivity index (χ1n) is 7.92. The van der Waals surface area contributed by atoms with Crippen LogP contribution in [0.1, 0.15) is 51.9 Å². The molecule has 2 aliphatic carbocycles. The molecular weight excluding hydrogens is 290 g/mol. The maximum atomic E-state index is 12.6. The highest BCUT2D eigenvalue weighted by Gasteiger charge is 2.50. The minimum atomic E-state index is -3.11. The van der Waals surface area contributed by atoms with E-state index in [2.05, 4.69) is 17.0 Å². The van der Waals surface area contributed by atoms with Gasteiger partial charge in [0, 0.05) is 6.04 Å². The van der Waals surface area contributed by atoms with E-state index in [1.165, 1.54) is 7.11 Å². The monoisotopic (exact) mass is 317 g/mol. The predicted molar refractivity (Wildman–Crippen MR) is 81.8 cm³/mol. The Morgan fingerprint density at radius 3 is 2.62 bits per heavy atom. The van der Waals surface area contributed by atoms with Crippen molar-refractivity contribution < 1.29 is 17.9 Å². The van der Waals surface area contributed by atoms with Crippen molar-refractivity contribution in [2.45, 2.75) is 63.2 Å². The molecule has 0 aromatic heterocycles. The van der Waals surface area contributed by atoms with Gasteiger partial charge in [-0.25, -0.2) is 8.42 Å². The normalized spacial score (nSPS) is 27.5. The first kappa shape index (κ1) is 16.7. The standard InChI is InChI=1S/C15H27NO4S/c1-3-8-16-12-4-5-13(9-12)21(18,19)11-15(6-7-15)10-14(17)20-2/h12-13,16H,3-11H2,1-2H3. The summed E-state index contributed by atoms with van der Waals surface area (Å²) in [5.74, 6) is -0.142. The molecule has 122 valence electrons. The van der Waals surface area contributed by atoms with Crippen molar-refractivity contribution in [1.29, 1.82) is 0 Å². The van der Waals surface area contributed by atoms with Crippen LogP contribution < -0.4 is 5.32 Å². The lowest BCUT2D eigenvalue weighted by Crippen LogP contribution is -2.31. The van der Waals surface area contributed by atoms with Crippen LogP contribution in [0.5, 0.6) is 0 Å². The van der Waals surface area contributed by atoms with Gasteiger partial charge in [-0.2, -0.15) is 0 Å². The maximum absolute atomic E-state index is 12.6. The second-order valence-electron chi connectivity index (χ2n) is 6.65. The fraction of sp³-hybridized carbons (Fsp3) is 0.933. The Balaban J connectivity index is 1.89. The van der Waals surface area contributed by atoms with E-state index in [1.807, 2.05) is 0 Å². The molecule has 5 nitrogen and oxygen atoms in total. The summed E-state index contributed by atoms with van der Waals surface area (Å²) in [5, 5.41) is 3.18. The molecule has 2 rings (SSSR count). The van der Waals surface area contributed by atoms with E-state index in [-0.39, 0.29) is 28.8 Å². The lowest BCUT2D eigenvalue weighted by molar-refractivity contribution is -0.141. The van der Waals surface area contributed by atoms with Crippen LogP contribution in [0, 0.1) is 5.41 Å². The smallest absolute Gasteiger partial charge is 0.306 e. The van der Waals surface area contributed by atoms with E-state index in [9.17, 15) is 13.2 Å². The van der Waals surface area contributed by atoms with Crippen molar-refractivity contribution in [1.82, 2.24) is 5.32 Å². The number of ether oxygens (including phenoxy) is 1. The van der Waals surface area contributed by atoms with Gasteiger partial charge in [-0.1, -0.05) is 6.92 Å². The van der Waals surface area contributed by atoms with Crippen LogP contribution in [-0.4, -0.2) is 45.1 Å². The van der Waals surface area contributed by atoms with Gasteiger partial charge in [0.1, 0.15) is 0 Å². The molecule has 0 bridgehead atoms. The Kier molecular flexibility index (Phi) is 5.30. The highest BCUT2D eigenvalue weighted by molar-refractivity contribution is 7.92. The Bertz CT molecular complexity index is 470. The second kappa shape index (κ2) is 6.65. The third-order valence-corrected chi connectivity index (χ3v) is 7.25. The van der Waals surface area contributed by atoms with Crippen molar-refractivity contribution in [3.63, 3.8) is 0 Å². The number of carbonyl (C=O) groups excluding carboxylic acids is 1. The molecule has 0 radical (unpaired) electrons. The van der Waals surface area contributed by atoms with E-state index in [0.717, 1.165) is 45.1 Å². The lowest BCUT2D eigenvalue weighted by atomic mass is 10.1. The van der Waals surface area contributed by atoms with Crippen LogP contribution in [0.4, 0.5) is 0 Å². The zero-order valence-electron chi connectivity index (χ0n) is 13.1. The van der Waals surface area contributed by atoms with Gasteiger partial charge in [-0.15, -0.1) is 0 Å². The van der Waals surface area contributed by atoms with E-state index < -0.39 is 9.84 Å². The summed E-state index contributed by atoms with van der Waals surface area (Å²) in [5.41, 5.74) is -0.332. The topological polar surface area (TPSA) is 72.5 Å². The molecular formula is C15H27NO4S. The van der Waals surface area contributed by atoms with Crippen LogP contribution in [0.15, 0.2) is 0 Å². The van der Waals surface area contributed by atoms with E-state index >= 15 is 0 Å². The number of nitrogens with one attached hydrogen (secondary N) is 1. The number of methoxy groups -OCH3 is 1. The van der Waals surface area contributed by atoms with Gasteiger partial charge in [0.2, 0.25) is 0 Å². The first-order chi connectivity index (χ1) is 9.91. The third-order valence-electron chi connectivity index (χ3n) is 4.79. The third kappa shape index (κ3) is 4.42. The lowest BCUT2D eigenvalue weighted by Gasteiger charge is -2.18. The molecule has 0 heterocycles. The molecule has 0 amide bonds. The van der Waals surface area contributed by atoms with Crippen LogP contribution in [0.3, 0.4) is 0 Å². The molecule has 1 N–H and O–H groups in total. The largest absolute Gasteiger partial charge is 0.469 e. The summed E-state index contributed by atoms with van der Waals surface area (Å²) in [4.78, 5) is 11.4. The number of hydrogen-bond acceptors (Lipinski definition) is 5. The number of hydrogen-bond donors (Lipinski definition) is 1. The summed E-state index contributed by atoms with van der Waals surface area (Å²) in [6, 6.07) is 0.334. The van der Waals surface area contributed by atoms with Crippen molar-refractivity contribution in [2.75, 3.05) is 19.4 Å². The van der Waals surface area contributed by atoms with E-state index in [4.69, 9.17) is 0 Å². The molecule has 0 aromatic rings. The van der Waals surface area contributed by atoms with Crippen molar-refractivity contribution >= 4 is 15.8 Å². The number of esters is 1. The van der Waals surface area contributed by atoms with Gasteiger partial charge in [-0.05, 0) is 50.5 Å². The Labute approximate surface area is 127 Å². The summed E-state index contributed by atoms with van der Waals surface area (Å²) in [6.07, 6.45) is 5.36. The number of sulfone groups is 1. The average molecular weight is 317 g/mol. The van der Waals surface area contributed by atoms with Gasteiger partial charge >= 0.3 is 5.97 Å².